The first-order valence-electron chi connectivity index (χ1n) is 7.75. The summed E-state index contributed by atoms with van der Waals surface area (Å²) in [4.78, 5) is 16.4. The minimum atomic E-state index is 0.0183. The van der Waals surface area contributed by atoms with Crippen LogP contribution in [-0.2, 0) is 0 Å². The van der Waals surface area contributed by atoms with E-state index in [0.717, 1.165) is 5.56 Å². The van der Waals surface area contributed by atoms with Gasteiger partial charge in [0.25, 0.3) is 0 Å². The van der Waals surface area contributed by atoms with Gasteiger partial charge < -0.3 is 0 Å². The smallest absolute Gasteiger partial charge is 0.186 e. The van der Waals surface area contributed by atoms with Crippen LogP contribution in [0.2, 0.25) is 5.02 Å². The highest BCUT2D eigenvalue weighted by Gasteiger charge is 2.12. The van der Waals surface area contributed by atoms with Crippen molar-refractivity contribution < 1.29 is 4.79 Å². The molecule has 0 amide bonds. The number of carbonyl (C=O) groups excluding carboxylic acids is 1. The van der Waals surface area contributed by atoms with Crippen molar-refractivity contribution in [1.82, 2.24) is 24.8 Å². The molecular formula is C18H12ClN5OS. The predicted octanol–water partition coefficient (Wildman–Crippen LogP) is 3.81. The van der Waals surface area contributed by atoms with Crippen molar-refractivity contribution in [2.75, 3.05) is 5.75 Å². The van der Waals surface area contributed by atoms with E-state index in [9.17, 15) is 4.79 Å². The SMILES string of the molecule is O=C(CSc1ccc2nnc(-c3cccnc3)n2n1)c1ccc(Cl)cc1. The summed E-state index contributed by atoms with van der Waals surface area (Å²) < 4.78 is 1.66. The lowest BCUT2D eigenvalue weighted by molar-refractivity contribution is 0.102. The van der Waals surface area contributed by atoms with Gasteiger partial charge in [-0.1, -0.05) is 23.4 Å². The van der Waals surface area contributed by atoms with Gasteiger partial charge in [-0.05, 0) is 48.5 Å². The van der Waals surface area contributed by atoms with Gasteiger partial charge in [0, 0.05) is 28.5 Å². The fourth-order valence-electron chi connectivity index (χ4n) is 2.38. The maximum Gasteiger partial charge on any atom is 0.186 e. The van der Waals surface area contributed by atoms with Gasteiger partial charge in [0.1, 0.15) is 5.03 Å². The molecule has 128 valence electrons. The summed E-state index contributed by atoms with van der Waals surface area (Å²) in [5.41, 5.74) is 2.09. The Labute approximate surface area is 158 Å². The third-order valence-corrected chi connectivity index (χ3v) is 4.85. The molecule has 4 aromatic rings. The van der Waals surface area contributed by atoms with Gasteiger partial charge >= 0.3 is 0 Å². The molecule has 0 fully saturated rings. The third kappa shape index (κ3) is 3.44. The van der Waals surface area contributed by atoms with Crippen LogP contribution in [0.3, 0.4) is 0 Å². The zero-order chi connectivity index (χ0) is 17.9. The highest BCUT2D eigenvalue weighted by Crippen LogP contribution is 2.21. The van der Waals surface area contributed by atoms with Crippen LogP contribution < -0.4 is 0 Å². The highest BCUT2D eigenvalue weighted by molar-refractivity contribution is 7.99. The first-order chi connectivity index (χ1) is 12.7. The first-order valence-corrected chi connectivity index (χ1v) is 9.11. The zero-order valence-electron chi connectivity index (χ0n) is 13.4. The van der Waals surface area contributed by atoms with Crippen LogP contribution in [0.1, 0.15) is 10.4 Å². The Bertz CT molecular complexity index is 1070. The van der Waals surface area contributed by atoms with Gasteiger partial charge in [-0.25, -0.2) is 0 Å². The van der Waals surface area contributed by atoms with Crippen molar-refractivity contribution in [2.45, 2.75) is 5.03 Å². The number of ketones is 1. The molecule has 3 aromatic heterocycles. The highest BCUT2D eigenvalue weighted by atomic mass is 35.5. The standard InChI is InChI=1S/C18H12ClN5OS/c19-14-5-3-12(4-6-14)15(25)11-26-17-8-7-16-21-22-18(24(16)23-17)13-2-1-9-20-10-13/h1-10H,11H2. The maximum atomic E-state index is 12.3. The van der Waals surface area contributed by atoms with E-state index in [4.69, 9.17) is 11.6 Å². The lowest BCUT2D eigenvalue weighted by atomic mass is 10.1. The average Bonchev–Trinajstić information content (AvgIpc) is 3.10. The summed E-state index contributed by atoms with van der Waals surface area (Å²) in [5, 5.41) is 14.2. The number of Topliss-reactive ketones (excluding diaryl/α,β-unsaturated/α-hetero) is 1. The van der Waals surface area contributed by atoms with E-state index in [-0.39, 0.29) is 11.5 Å². The number of halogens is 1. The number of pyridine rings is 1. The monoisotopic (exact) mass is 381 g/mol. The lowest BCUT2D eigenvalue weighted by Crippen LogP contribution is -2.03. The van der Waals surface area contributed by atoms with Crippen LogP contribution in [-0.4, -0.2) is 36.3 Å². The molecule has 0 saturated carbocycles. The third-order valence-electron chi connectivity index (χ3n) is 3.68. The van der Waals surface area contributed by atoms with Crippen molar-refractivity contribution in [3.63, 3.8) is 0 Å². The number of rotatable bonds is 5. The van der Waals surface area contributed by atoms with Crippen LogP contribution >= 0.6 is 23.4 Å². The van der Waals surface area contributed by atoms with Gasteiger partial charge in [-0.3, -0.25) is 9.78 Å². The van der Waals surface area contributed by atoms with Gasteiger partial charge in [0.05, 0.1) is 5.75 Å². The predicted molar refractivity (Wildman–Crippen MR) is 101 cm³/mol. The molecule has 0 atom stereocenters. The van der Waals surface area contributed by atoms with Gasteiger partial charge in [0.2, 0.25) is 0 Å². The van der Waals surface area contributed by atoms with Crippen molar-refractivity contribution >= 4 is 34.8 Å². The fourth-order valence-corrected chi connectivity index (χ4v) is 3.26. The second kappa shape index (κ2) is 7.23. The van der Waals surface area contributed by atoms with E-state index in [1.54, 1.807) is 41.2 Å². The number of thioether (sulfide) groups is 1. The quantitative estimate of drug-likeness (QED) is 0.386. The van der Waals surface area contributed by atoms with E-state index in [2.05, 4.69) is 20.3 Å². The van der Waals surface area contributed by atoms with Gasteiger partial charge in [0.15, 0.2) is 17.3 Å². The van der Waals surface area contributed by atoms with Crippen LogP contribution in [0, 0.1) is 0 Å². The normalized spacial score (nSPS) is 11.0. The molecule has 0 bridgehead atoms. The van der Waals surface area contributed by atoms with Gasteiger partial charge in [-0.2, -0.15) is 9.61 Å². The number of hydrogen-bond donors (Lipinski definition) is 0. The fraction of sp³-hybridized carbons (Fsp3) is 0.0556. The summed E-state index contributed by atoms with van der Waals surface area (Å²) >= 11 is 7.22. The summed E-state index contributed by atoms with van der Waals surface area (Å²) in [7, 11) is 0. The molecule has 0 spiro atoms. The molecule has 0 radical (unpaired) electrons. The summed E-state index contributed by atoms with van der Waals surface area (Å²) in [5.74, 6) is 0.911. The molecule has 26 heavy (non-hydrogen) atoms. The summed E-state index contributed by atoms with van der Waals surface area (Å²) in [6, 6.07) is 14.3. The molecule has 0 aliphatic heterocycles. The molecule has 6 nitrogen and oxygen atoms in total. The molecule has 4 rings (SSSR count). The Morgan fingerprint density at radius 2 is 1.92 bits per heavy atom. The van der Waals surface area contributed by atoms with E-state index in [1.165, 1.54) is 11.8 Å². The maximum absolute atomic E-state index is 12.3. The second-order valence-corrected chi connectivity index (χ2v) is 6.86. The molecule has 0 N–H and O–H groups in total. The number of fused-ring (bicyclic) bond motifs is 1. The van der Waals surface area contributed by atoms with Crippen molar-refractivity contribution in [3.8, 4) is 11.4 Å². The Hall–Kier alpha value is -2.77. The van der Waals surface area contributed by atoms with Crippen molar-refractivity contribution in [2.24, 2.45) is 0 Å². The number of benzene rings is 1. The second-order valence-electron chi connectivity index (χ2n) is 5.43. The Morgan fingerprint density at radius 1 is 1.08 bits per heavy atom. The molecule has 3 heterocycles. The lowest BCUT2D eigenvalue weighted by Gasteiger charge is -2.03. The van der Waals surface area contributed by atoms with Crippen LogP contribution in [0.4, 0.5) is 0 Å². The van der Waals surface area contributed by atoms with E-state index < -0.39 is 0 Å². The Kier molecular flexibility index (Phi) is 4.64. The molecular weight excluding hydrogens is 370 g/mol. The van der Waals surface area contributed by atoms with Crippen LogP contribution in [0.25, 0.3) is 17.0 Å². The molecule has 1 aromatic carbocycles. The molecule has 8 heteroatoms. The van der Waals surface area contributed by atoms with Crippen LogP contribution in [0.5, 0.6) is 0 Å². The topological polar surface area (TPSA) is 73.0 Å². The summed E-state index contributed by atoms with van der Waals surface area (Å²) in [6.45, 7) is 0. The minimum absolute atomic E-state index is 0.0183. The Balaban J connectivity index is 1.56. The number of nitrogens with zero attached hydrogens (tertiary/aromatic N) is 5. The number of hydrogen-bond acceptors (Lipinski definition) is 6. The van der Waals surface area contributed by atoms with Crippen LogP contribution in [0.15, 0.2) is 66.0 Å². The largest absolute Gasteiger partial charge is 0.293 e. The molecule has 0 aliphatic rings. The number of carbonyl (C=O) groups is 1. The molecule has 0 aliphatic carbocycles. The van der Waals surface area contributed by atoms with E-state index in [1.807, 2.05) is 24.3 Å². The number of aromatic nitrogens is 5. The van der Waals surface area contributed by atoms with Crippen molar-refractivity contribution in [3.05, 3.63) is 71.5 Å². The summed E-state index contributed by atoms with van der Waals surface area (Å²) in [6.07, 6.45) is 3.41. The molecule has 0 unspecified atom stereocenters. The molecule has 0 saturated heterocycles. The van der Waals surface area contributed by atoms with E-state index >= 15 is 0 Å². The minimum Gasteiger partial charge on any atom is -0.293 e. The van der Waals surface area contributed by atoms with Crippen molar-refractivity contribution in [1.29, 1.82) is 0 Å². The zero-order valence-corrected chi connectivity index (χ0v) is 15.0. The average molecular weight is 382 g/mol. The first kappa shape index (κ1) is 16.7. The van der Waals surface area contributed by atoms with Gasteiger partial charge in [-0.15, -0.1) is 10.2 Å². The Morgan fingerprint density at radius 3 is 2.69 bits per heavy atom. The van der Waals surface area contributed by atoms with E-state index in [0.29, 0.717) is 27.1 Å².